The van der Waals surface area contributed by atoms with Crippen LogP contribution in [-0.4, -0.2) is 11.1 Å². The first-order valence-electron chi connectivity index (χ1n) is 5.77. The molecule has 2 aromatic carbocycles. The summed E-state index contributed by atoms with van der Waals surface area (Å²) >= 11 is 7.75. The maximum Gasteiger partial charge on any atom is 0.335 e. The number of thioether (sulfide) groups is 1. The van der Waals surface area contributed by atoms with E-state index in [0.717, 1.165) is 26.8 Å². The Morgan fingerprint density at radius 2 is 2.05 bits per heavy atom. The highest BCUT2D eigenvalue weighted by molar-refractivity contribution is 7.98. The molecule has 1 N–H and O–H groups in total. The van der Waals surface area contributed by atoms with E-state index in [1.165, 1.54) is 0 Å². The highest BCUT2D eigenvalue weighted by atomic mass is 35.5. The number of carboxylic acids is 1. The van der Waals surface area contributed by atoms with Crippen molar-refractivity contribution < 1.29 is 9.90 Å². The van der Waals surface area contributed by atoms with E-state index in [1.807, 2.05) is 31.2 Å². The Morgan fingerprint density at radius 3 is 2.74 bits per heavy atom. The van der Waals surface area contributed by atoms with Crippen molar-refractivity contribution in [2.75, 3.05) is 0 Å². The lowest BCUT2D eigenvalue weighted by Gasteiger charge is -2.06. The minimum atomic E-state index is -0.907. The molecule has 4 heteroatoms. The summed E-state index contributed by atoms with van der Waals surface area (Å²) < 4.78 is 0. The molecule has 0 amide bonds. The molecule has 2 aromatic rings. The predicted molar refractivity (Wildman–Crippen MR) is 79.2 cm³/mol. The second-order valence-electron chi connectivity index (χ2n) is 4.22. The van der Waals surface area contributed by atoms with Gasteiger partial charge in [-0.3, -0.25) is 0 Å². The Balaban J connectivity index is 2.10. The Labute approximate surface area is 121 Å². The van der Waals surface area contributed by atoms with E-state index in [1.54, 1.807) is 30.0 Å². The summed E-state index contributed by atoms with van der Waals surface area (Å²) in [7, 11) is 0. The van der Waals surface area contributed by atoms with Gasteiger partial charge >= 0.3 is 5.97 Å². The van der Waals surface area contributed by atoms with Crippen LogP contribution in [0.4, 0.5) is 0 Å². The van der Waals surface area contributed by atoms with Crippen molar-refractivity contribution in [3.05, 3.63) is 64.2 Å². The molecule has 0 saturated carbocycles. The van der Waals surface area contributed by atoms with Crippen molar-refractivity contribution in [1.29, 1.82) is 0 Å². The van der Waals surface area contributed by atoms with Gasteiger partial charge in [-0.1, -0.05) is 29.8 Å². The zero-order chi connectivity index (χ0) is 13.8. The molecule has 0 radical (unpaired) electrons. The molecule has 0 bridgehead atoms. The highest BCUT2D eigenvalue weighted by Crippen LogP contribution is 2.27. The van der Waals surface area contributed by atoms with Crippen LogP contribution in [0.15, 0.2) is 47.4 Å². The van der Waals surface area contributed by atoms with Gasteiger partial charge in [0.15, 0.2) is 0 Å². The summed E-state index contributed by atoms with van der Waals surface area (Å²) in [6, 6.07) is 12.9. The van der Waals surface area contributed by atoms with Crippen LogP contribution >= 0.6 is 23.4 Å². The highest BCUT2D eigenvalue weighted by Gasteiger charge is 2.05. The molecule has 0 aliphatic rings. The topological polar surface area (TPSA) is 37.3 Å². The van der Waals surface area contributed by atoms with Crippen LogP contribution in [0.2, 0.25) is 5.02 Å². The van der Waals surface area contributed by atoms with Gasteiger partial charge in [-0.15, -0.1) is 11.8 Å². The summed E-state index contributed by atoms with van der Waals surface area (Å²) in [5.74, 6) is -0.182. The van der Waals surface area contributed by atoms with Crippen LogP contribution in [0.1, 0.15) is 21.5 Å². The zero-order valence-corrected chi connectivity index (χ0v) is 12.0. The Hall–Kier alpha value is -1.45. The maximum atomic E-state index is 10.9. The lowest BCUT2D eigenvalue weighted by Crippen LogP contribution is -1.95. The van der Waals surface area contributed by atoms with E-state index in [4.69, 9.17) is 16.7 Å². The minimum absolute atomic E-state index is 0.306. The van der Waals surface area contributed by atoms with E-state index < -0.39 is 5.97 Å². The summed E-state index contributed by atoms with van der Waals surface area (Å²) in [6.07, 6.45) is 0. The molecule has 0 atom stereocenters. The molecule has 2 rings (SSSR count). The lowest BCUT2D eigenvalue weighted by molar-refractivity contribution is 0.0696. The van der Waals surface area contributed by atoms with Gasteiger partial charge in [0.05, 0.1) is 5.56 Å². The number of aryl methyl sites for hydroxylation is 1. The number of carboxylic acid groups (broad SMARTS) is 1. The van der Waals surface area contributed by atoms with Crippen LogP contribution in [0.3, 0.4) is 0 Å². The molecule has 0 aliphatic carbocycles. The quantitative estimate of drug-likeness (QED) is 0.834. The second-order valence-corrected chi connectivity index (χ2v) is 5.67. The number of hydrogen-bond donors (Lipinski definition) is 1. The van der Waals surface area contributed by atoms with Crippen molar-refractivity contribution in [1.82, 2.24) is 0 Å². The average Bonchev–Trinajstić information content (AvgIpc) is 2.38. The molecule has 0 spiro atoms. The van der Waals surface area contributed by atoms with Gasteiger partial charge in [0.2, 0.25) is 0 Å². The summed E-state index contributed by atoms with van der Waals surface area (Å²) in [4.78, 5) is 11.8. The van der Waals surface area contributed by atoms with Crippen LogP contribution < -0.4 is 0 Å². The van der Waals surface area contributed by atoms with Gasteiger partial charge in [0, 0.05) is 15.7 Å². The van der Waals surface area contributed by atoms with Crippen molar-refractivity contribution >= 4 is 29.3 Å². The molecule has 0 saturated heterocycles. The summed E-state index contributed by atoms with van der Waals surface area (Å²) in [6.45, 7) is 2.00. The van der Waals surface area contributed by atoms with E-state index >= 15 is 0 Å². The van der Waals surface area contributed by atoms with E-state index in [2.05, 4.69) is 0 Å². The Bertz CT molecular complexity index is 611. The number of benzene rings is 2. The molecule has 0 aromatic heterocycles. The van der Waals surface area contributed by atoms with Crippen LogP contribution in [0, 0.1) is 6.92 Å². The number of aromatic carboxylic acids is 1. The molecular weight excluding hydrogens is 280 g/mol. The number of carbonyl (C=O) groups is 1. The molecule has 0 heterocycles. The third-order valence-electron chi connectivity index (χ3n) is 2.68. The van der Waals surface area contributed by atoms with Crippen molar-refractivity contribution in [2.24, 2.45) is 0 Å². The number of rotatable bonds is 4. The normalized spacial score (nSPS) is 10.4. The van der Waals surface area contributed by atoms with Crippen LogP contribution in [-0.2, 0) is 5.75 Å². The largest absolute Gasteiger partial charge is 0.478 e. The predicted octanol–water partition coefficient (Wildman–Crippen LogP) is 4.64. The monoisotopic (exact) mass is 292 g/mol. The van der Waals surface area contributed by atoms with Crippen LogP contribution in [0.5, 0.6) is 0 Å². The smallest absolute Gasteiger partial charge is 0.335 e. The number of hydrogen-bond acceptors (Lipinski definition) is 2. The molecule has 0 aliphatic heterocycles. The van der Waals surface area contributed by atoms with Crippen molar-refractivity contribution in [3.63, 3.8) is 0 Å². The zero-order valence-electron chi connectivity index (χ0n) is 10.4. The van der Waals surface area contributed by atoms with E-state index in [-0.39, 0.29) is 0 Å². The van der Waals surface area contributed by atoms with Gasteiger partial charge in [0.25, 0.3) is 0 Å². The molecule has 0 unspecified atom stereocenters. The van der Waals surface area contributed by atoms with Gasteiger partial charge < -0.3 is 5.11 Å². The Morgan fingerprint density at radius 1 is 1.26 bits per heavy atom. The molecule has 98 valence electrons. The van der Waals surface area contributed by atoms with Gasteiger partial charge in [-0.2, -0.15) is 0 Å². The fraction of sp³-hybridized carbons (Fsp3) is 0.133. The fourth-order valence-corrected chi connectivity index (χ4v) is 2.99. The van der Waals surface area contributed by atoms with Gasteiger partial charge in [-0.25, -0.2) is 4.79 Å². The summed E-state index contributed by atoms with van der Waals surface area (Å²) in [5, 5.41) is 9.69. The summed E-state index contributed by atoms with van der Waals surface area (Å²) in [5.41, 5.74) is 2.49. The van der Waals surface area contributed by atoms with Crippen LogP contribution in [0.25, 0.3) is 0 Å². The van der Waals surface area contributed by atoms with E-state index in [0.29, 0.717) is 5.56 Å². The second kappa shape index (κ2) is 6.13. The van der Waals surface area contributed by atoms with E-state index in [9.17, 15) is 4.79 Å². The molecular formula is C15H13ClO2S. The van der Waals surface area contributed by atoms with Gasteiger partial charge in [-0.05, 0) is 42.3 Å². The maximum absolute atomic E-state index is 10.9. The lowest BCUT2D eigenvalue weighted by atomic mass is 10.2. The van der Waals surface area contributed by atoms with Gasteiger partial charge in [0.1, 0.15) is 0 Å². The van der Waals surface area contributed by atoms with Crippen molar-refractivity contribution in [3.8, 4) is 0 Å². The van der Waals surface area contributed by atoms with Crippen molar-refractivity contribution in [2.45, 2.75) is 17.6 Å². The minimum Gasteiger partial charge on any atom is -0.478 e. The molecule has 2 nitrogen and oxygen atoms in total. The first-order chi connectivity index (χ1) is 9.06. The standard InChI is InChI=1S/C15H13ClO2S/c1-10-5-6-12(14(16)7-10)9-19-13-4-2-3-11(8-13)15(17)18/h2-8H,9H2,1H3,(H,17,18). The SMILES string of the molecule is Cc1ccc(CSc2cccc(C(=O)O)c2)c(Cl)c1. The molecule has 19 heavy (non-hydrogen) atoms. The average molecular weight is 293 g/mol. The fourth-order valence-electron chi connectivity index (χ4n) is 1.65. The Kier molecular flexibility index (Phi) is 4.51. The first-order valence-corrected chi connectivity index (χ1v) is 7.14. The number of halogens is 1. The third kappa shape index (κ3) is 3.75. The molecule has 0 fully saturated rings. The third-order valence-corrected chi connectivity index (χ3v) is 4.08. The first kappa shape index (κ1) is 14.0.